The van der Waals surface area contributed by atoms with E-state index in [1.807, 2.05) is 30.3 Å². The number of rotatable bonds is 4. The highest BCUT2D eigenvalue weighted by Crippen LogP contribution is 2.05. The van der Waals surface area contributed by atoms with Gasteiger partial charge in [0.1, 0.15) is 6.23 Å². The molecule has 1 aromatic carbocycles. The van der Waals surface area contributed by atoms with E-state index in [0.717, 1.165) is 12.0 Å². The average molecular weight is 181 g/mol. The quantitative estimate of drug-likeness (QED) is 0.584. The molecule has 0 fully saturated rings. The summed E-state index contributed by atoms with van der Waals surface area (Å²) in [5, 5.41) is 18.0. The Morgan fingerprint density at radius 3 is 2.31 bits per heavy atom. The fourth-order valence-electron chi connectivity index (χ4n) is 1.13. The Labute approximate surface area is 77.8 Å². The second-order valence-electron chi connectivity index (χ2n) is 3.08. The van der Waals surface area contributed by atoms with Crippen LogP contribution in [0.5, 0.6) is 0 Å². The molecule has 1 aromatic rings. The van der Waals surface area contributed by atoms with Gasteiger partial charge in [0.25, 0.3) is 0 Å². The zero-order chi connectivity index (χ0) is 9.68. The molecule has 0 spiro atoms. The minimum absolute atomic E-state index is 0.488. The predicted octanol–water partition coefficient (Wildman–Crippen LogP) is 0.257. The van der Waals surface area contributed by atoms with Gasteiger partial charge in [0.05, 0.1) is 6.10 Å². The van der Waals surface area contributed by atoms with Crippen molar-refractivity contribution in [3.8, 4) is 0 Å². The van der Waals surface area contributed by atoms with Crippen molar-refractivity contribution >= 4 is 0 Å². The summed E-state index contributed by atoms with van der Waals surface area (Å²) in [5.74, 6) is 0. The molecule has 3 nitrogen and oxygen atoms in total. The summed E-state index contributed by atoms with van der Waals surface area (Å²) >= 11 is 0. The molecule has 72 valence electrons. The third-order valence-electron chi connectivity index (χ3n) is 1.97. The average Bonchev–Trinajstić information content (AvgIpc) is 2.15. The summed E-state index contributed by atoms with van der Waals surface area (Å²) in [5.41, 5.74) is 6.25. The second-order valence-corrected chi connectivity index (χ2v) is 3.08. The lowest BCUT2D eigenvalue weighted by Gasteiger charge is -2.12. The fraction of sp³-hybridized carbons (Fsp3) is 0.400. The predicted molar refractivity (Wildman–Crippen MR) is 51.0 cm³/mol. The highest BCUT2D eigenvalue weighted by molar-refractivity contribution is 5.14. The van der Waals surface area contributed by atoms with Crippen LogP contribution in [0.15, 0.2) is 30.3 Å². The molecule has 0 heterocycles. The zero-order valence-corrected chi connectivity index (χ0v) is 7.43. The number of hydrogen-bond donors (Lipinski definition) is 3. The van der Waals surface area contributed by atoms with Crippen LogP contribution in [-0.4, -0.2) is 22.5 Å². The molecule has 4 N–H and O–H groups in total. The molecule has 3 heteroatoms. The van der Waals surface area contributed by atoms with Crippen molar-refractivity contribution in [2.24, 2.45) is 5.73 Å². The minimum atomic E-state index is -1.14. The van der Waals surface area contributed by atoms with E-state index in [1.165, 1.54) is 0 Å². The Morgan fingerprint density at radius 2 is 1.77 bits per heavy atom. The lowest BCUT2D eigenvalue weighted by Crippen LogP contribution is -2.34. The van der Waals surface area contributed by atoms with E-state index in [1.54, 1.807) is 0 Å². The molecule has 0 amide bonds. The van der Waals surface area contributed by atoms with Gasteiger partial charge in [-0.05, 0) is 18.4 Å². The summed E-state index contributed by atoms with van der Waals surface area (Å²) in [4.78, 5) is 0. The van der Waals surface area contributed by atoms with Gasteiger partial charge in [-0.25, -0.2) is 0 Å². The van der Waals surface area contributed by atoms with Gasteiger partial charge in [-0.2, -0.15) is 0 Å². The first-order valence-electron chi connectivity index (χ1n) is 4.36. The lowest BCUT2D eigenvalue weighted by atomic mass is 10.1. The van der Waals surface area contributed by atoms with Crippen LogP contribution in [0.25, 0.3) is 0 Å². The van der Waals surface area contributed by atoms with E-state index >= 15 is 0 Å². The third kappa shape index (κ3) is 3.55. The monoisotopic (exact) mass is 181 g/mol. The lowest BCUT2D eigenvalue weighted by molar-refractivity contribution is 0.0190. The van der Waals surface area contributed by atoms with Crippen molar-refractivity contribution < 1.29 is 10.2 Å². The van der Waals surface area contributed by atoms with Crippen LogP contribution in [0, 0.1) is 0 Å². The maximum atomic E-state index is 9.21. The van der Waals surface area contributed by atoms with Crippen molar-refractivity contribution in [1.82, 2.24) is 0 Å². The number of aliphatic hydroxyl groups is 2. The smallest absolute Gasteiger partial charge is 0.128 e. The third-order valence-corrected chi connectivity index (χ3v) is 1.97. The SMILES string of the molecule is NC(O)C(O)CCc1ccccc1. The van der Waals surface area contributed by atoms with Gasteiger partial charge < -0.3 is 15.9 Å². The van der Waals surface area contributed by atoms with E-state index in [9.17, 15) is 5.11 Å². The molecule has 0 aromatic heterocycles. The molecule has 2 atom stereocenters. The molecule has 2 unspecified atom stereocenters. The fourth-order valence-corrected chi connectivity index (χ4v) is 1.13. The van der Waals surface area contributed by atoms with E-state index in [-0.39, 0.29) is 0 Å². The van der Waals surface area contributed by atoms with Crippen LogP contribution in [0.4, 0.5) is 0 Å². The van der Waals surface area contributed by atoms with Crippen molar-refractivity contribution in [3.63, 3.8) is 0 Å². The van der Waals surface area contributed by atoms with Crippen LogP contribution in [0.2, 0.25) is 0 Å². The van der Waals surface area contributed by atoms with Crippen molar-refractivity contribution in [1.29, 1.82) is 0 Å². The molecule has 0 saturated carbocycles. The minimum Gasteiger partial charge on any atom is -0.389 e. The number of benzene rings is 1. The normalized spacial score (nSPS) is 15.3. The summed E-state index contributed by atoms with van der Waals surface area (Å²) in [6.45, 7) is 0. The van der Waals surface area contributed by atoms with Crippen molar-refractivity contribution in [3.05, 3.63) is 35.9 Å². The number of hydrogen-bond acceptors (Lipinski definition) is 3. The second kappa shape index (κ2) is 4.97. The van der Waals surface area contributed by atoms with Crippen LogP contribution in [0.1, 0.15) is 12.0 Å². The van der Waals surface area contributed by atoms with E-state index < -0.39 is 12.3 Å². The van der Waals surface area contributed by atoms with Gasteiger partial charge in [0.15, 0.2) is 0 Å². The number of aliphatic hydroxyl groups excluding tert-OH is 2. The van der Waals surface area contributed by atoms with E-state index in [2.05, 4.69) is 0 Å². The van der Waals surface area contributed by atoms with Crippen LogP contribution in [-0.2, 0) is 6.42 Å². The first-order valence-corrected chi connectivity index (χ1v) is 4.36. The maximum Gasteiger partial charge on any atom is 0.128 e. The number of nitrogens with two attached hydrogens (primary N) is 1. The molecular weight excluding hydrogens is 166 g/mol. The first kappa shape index (κ1) is 10.2. The van der Waals surface area contributed by atoms with Gasteiger partial charge >= 0.3 is 0 Å². The summed E-state index contributed by atoms with van der Waals surface area (Å²) in [6.07, 6.45) is -0.748. The standard InChI is InChI=1S/C10H15NO2/c11-10(13)9(12)7-6-8-4-2-1-3-5-8/h1-5,9-10,12-13H,6-7,11H2. The van der Waals surface area contributed by atoms with Gasteiger partial charge in [0.2, 0.25) is 0 Å². The van der Waals surface area contributed by atoms with Crippen molar-refractivity contribution in [2.45, 2.75) is 25.2 Å². The first-order chi connectivity index (χ1) is 6.20. The molecule has 0 aliphatic rings. The Hall–Kier alpha value is -0.900. The zero-order valence-electron chi connectivity index (χ0n) is 7.43. The van der Waals surface area contributed by atoms with Gasteiger partial charge in [-0.1, -0.05) is 30.3 Å². The summed E-state index contributed by atoms with van der Waals surface area (Å²) in [7, 11) is 0. The van der Waals surface area contributed by atoms with Gasteiger partial charge in [-0.15, -0.1) is 0 Å². The Balaban J connectivity index is 2.35. The van der Waals surface area contributed by atoms with Gasteiger partial charge in [0, 0.05) is 0 Å². The van der Waals surface area contributed by atoms with Crippen LogP contribution < -0.4 is 5.73 Å². The Morgan fingerprint density at radius 1 is 1.15 bits per heavy atom. The maximum absolute atomic E-state index is 9.21. The Bertz CT molecular complexity index is 236. The van der Waals surface area contributed by atoms with Crippen LogP contribution in [0.3, 0.4) is 0 Å². The number of aryl methyl sites for hydroxylation is 1. The summed E-state index contributed by atoms with van der Waals surface area (Å²) < 4.78 is 0. The molecule has 0 bridgehead atoms. The molecule has 0 aliphatic heterocycles. The topological polar surface area (TPSA) is 66.5 Å². The molecule has 0 saturated heterocycles. The molecule has 0 radical (unpaired) electrons. The molecule has 0 aliphatic carbocycles. The molecule has 1 rings (SSSR count). The summed E-state index contributed by atoms with van der Waals surface area (Å²) in [6, 6.07) is 9.80. The van der Waals surface area contributed by atoms with Gasteiger partial charge in [-0.3, -0.25) is 0 Å². The van der Waals surface area contributed by atoms with Crippen LogP contribution >= 0.6 is 0 Å². The van der Waals surface area contributed by atoms with E-state index in [4.69, 9.17) is 10.8 Å². The highest BCUT2D eigenvalue weighted by atomic mass is 16.3. The molecular formula is C10H15NO2. The van der Waals surface area contributed by atoms with Crippen molar-refractivity contribution in [2.75, 3.05) is 0 Å². The largest absolute Gasteiger partial charge is 0.389 e. The molecule has 13 heavy (non-hydrogen) atoms. The Kier molecular flexibility index (Phi) is 3.89. The highest BCUT2D eigenvalue weighted by Gasteiger charge is 2.10. The van der Waals surface area contributed by atoms with E-state index in [0.29, 0.717) is 6.42 Å².